The average molecular weight is 1090 g/mol. The number of carboxylic acids is 1. The Morgan fingerprint density at radius 2 is 0.779 bits per heavy atom. The Bertz CT molecular complexity index is 1480. The van der Waals surface area contributed by atoms with Gasteiger partial charge in [0.1, 0.15) is 18.8 Å². The molecule has 6 atom stereocenters. The number of carboxylic acid groups (broad SMARTS) is 1. The topological polar surface area (TPSA) is 175 Å². The van der Waals surface area contributed by atoms with Crippen LogP contribution in [0.5, 0.6) is 0 Å². The molecular weight excluding hydrogens is 973 g/mol. The highest BCUT2D eigenvalue weighted by Gasteiger charge is 2.50. The van der Waals surface area contributed by atoms with Crippen molar-refractivity contribution >= 4 is 23.9 Å². The number of aliphatic carboxylic acids is 1. The van der Waals surface area contributed by atoms with E-state index >= 15 is 0 Å². The van der Waals surface area contributed by atoms with Gasteiger partial charge in [0, 0.05) is 19.3 Å². The quantitative estimate of drug-likeness (QED) is 0.0228. The molecule has 0 amide bonds. The van der Waals surface area contributed by atoms with Crippen molar-refractivity contribution in [2.24, 2.45) is 0 Å². The van der Waals surface area contributed by atoms with Crippen LogP contribution in [0.1, 0.15) is 303 Å². The largest absolute Gasteiger partial charge is 0.479 e. The standard InChI is InChI=1S/C65H116O12/c1-4-7-10-13-16-19-22-25-27-28-29-30-32-34-36-39-42-45-48-51-57(66)73-54-56(75-58(67)52-49-46-43-40-37-33-24-21-18-15-12-9-6-3)55-74-65-63(61(70)60(69)62(77-65)64(71)72)76-59(68)53-50-47-44-41-38-35-31-26-23-20-17-14-11-8-5-2/h16,19,25,27,29-30,56,60-63,65,69-70H,4-15,17-18,20-24,26,28,31-55H2,1-3H3,(H,71,72)/b19-16-,27-25-,30-29-. The molecule has 12 heteroatoms. The van der Waals surface area contributed by atoms with E-state index in [4.69, 9.17) is 23.7 Å². The molecule has 0 radical (unpaired) electrons. The first-order valence-corrected chi connectivity index (χ1v) is 32.0. The van der Waals surface area contributed by atoms with Gasteiger partial charge in [0.25, 0.3) is 0 Å². The molecule has 1 saturated heterocycles. The van der Waals surface area contributed by atoms with Crippen LogP contribution in [0.2, 0.25) is 0 Å². The predicted octanol–water partition coefficient (Wildman–Crippen LogP) is 16.8. The Balaban J connectivity index is 2.65. The Morgan fingerprint density at radius 3 is 1.21 bits per heavy atom. The molecule has 1 fully saturated rings. The number of unbranched alkanes of at least 4 members (excludes halogenated alkanes) is 35. The molecule has 0 aromatic carbocycles. The minimum absolute atomic E-state index is 0.0654. The molecule has 0 aliphatic carbocycles. The van der Waals surface area contributed by atoms with Gasteiger partial charge in [0.2, 0.25) is 0 Å². The number of aliphatic hydroxyl groups is 2. The van der Waals surface area contributed by atoms with Crippen molar-refractivity contribution in [2.45, 2.75) is 340 Å². The van der Waals surface area contributed by atoms with Gasteiger partial charge in [-0.3, -0.25) is 14.4 Å². The molecule has 1 rings (SSSR count). The van der Waals surface area contributed by atoms with Crippen LogP contribution in [0.4, 0.5) is 0 Å². The van der Waals surface area contributed by atoms with Crippen molar-refractivity contribution in [3.8, 4) is 0 Å². The molecule has 0 aromatic rings. The molecular formula is C65H116O12. The maximum absolute atomic E-state index is 13.2. The second kappa shape index (κ2) is 53.6. The smallest absolute Gasteiger partial charge is 0.335 e. The molecule has 0 aromatic heterocycles. The number of allylic oxidation sites excluding steroid dienone is 6. The van der Waals surface area contributed by atoms with Crippen LogP contribution in [0.25, 0.3) is 0 Å². The van der Waals surface area contributed by atoms with Crippen molar-refractivity contribution in [1.29, 1.82) is 0 Å². The van der Waals surface area contributed by atoms with Crippen molar-refractivity contribution in [1.82, 2.24) is 0 Å². The van der Waals surface area contributed by atoms with E-state index in [1.807, 2.05) is 0 Å². The van der Waals surface area contributed by atoms with Crippen molar-refractivity contribution in [3.05, 3.63) is 36.5 Å². The zero-order valence-electron chi connectivity index (χ0n) is 49.5. The number of rotatable bonds is 55. The lowest BCUT2D eigenvalue weighted by molar-refractivity contribution is -0.301. The summed E-state index contributed by atoms with van der Waals surface area (Å²) >= 11 is 0. The first-order chi connectivity index (χ1) is 37.6. The van der Waals surface area contributed by atoms with E-state index in [1.165, 1.54) is 154 Å². The zero-order valence-corrected chi connectivity index (χ0v) is 49.5. The highest BCUT2D eigenvalue weighted by molar-refractivity contribution is 5.74. The fourth-order valence-corrected chi connectivity index (χ4v) is 9.79. The Morgan fingerprint density at radius 1 is 0.429 bits per heavy atom. The molecule has 6 unspecified atom stereocenters. The van der Waals surface area contributed by atoms with Gasteiger partial charge in [-0.1, -0.05) is 263 Å². The minimum atomic E-state index is -1.90. The number of aliphatic hydroxyl groups excluding tert-OH is 2. The van der Waals surface area contributed by atoms with Crippen molar-refractivity contribution in [2.75, 3.05) is 13.2 Å². The first kappa shape index (κ1) is 72.0. The third-order valence-electron chi connectivity index (χ3n) is 14.7. The molecule has 0 bridgehead atoms. The molecule has 1 aliphatic heterocycles. The molecule has 0 saturated carbocycles. The van der Waals surface area contributed by atoms with Gasteiger partial charge in [-0.05, 0) is 57.8 Å². The van der Waals surface area contributed by atoms with E-state index in [1.54, 1.807) is 0 Å². The second-order valence-corrected chi connectivity index (χ2v) is 22.1. The number of ether oxygens (including phenoxy) is 5. The lowest BCUT2D eigenvalue weighted by Gasteiger charge is -2.40. The number of esters is 3. The first-order valence-electron chi connectivity index (χ1n) is 32.0. The van der Waals surface area contributed by atoms with Crippen LogP contribution in [-0.4, -0.2) is 89.2 Å². The second-order valence-electron chi connectivity index (χ2n) is 22.1. The molecule has 3 N–H and O–H groups in total. The van der Waals surface area contributed by atoms with Gasteiger partial charge in [-0.25, -0.2) is 4.79 Å². The normalized spacial score (nSPS) is 18.2. The van der Waals surface area contributed by atoms with Crippen molar-refractivity contribution in [3.63, 3.8) is 0 Å². The summed E-state index contributed by atoms with van der Waals surface area (Å²) in [5.41, 5.74) is 0. The van der Waals surface area contributed by atoms with Crippen LogP contribution >= 0.6 is 0 Å². The molecule has 77 heavy (non-hydrogen) atoms. The summed E-state index contributed by atoms with van der Waals surface area (Å²) in [5.74, 6) is -3.10. The van der Waals surface area contributed by atoms with E-state index in [0.29, 0.717) is 19.3 Å². The molecule has 1 aliphatic rings. The number of hydrogen-bond donors (Lipinski definition) is 3. The van der Waals surface area contributed by atoms with Crippen LogP contribution < -0.4 is 0 Å². The van der Waals surface area contributed by atoms with Gasteiger partial charge in [0.15, 0.2) is 24.6 Å². The van der Waals surface area contributed by atoms with E-state index in [0.717, 1.165) is 89.9 Å². The summed E-state index contributed by atoms with van der Waals surface area (Å²) in [6.07, 6.45) is 51.0. The summed E-state index contributed by atoms with van der Waals surface area (Å²) in [7, 11) is 0. The molecule has 0 spiro atoms. The number of carbonyl (C=O) groups is 4. The van der Waals surface area contributed by atoms with Crippen LogP contribution in [-0.2, 0) is 42.9 Å². The summed E-state index contributed by atoms with van der Waals surface area (Å²) in [6.45, 7) is 5.99. The van der Waals surface area contributed by atoms with Gasteiger partial charge in [-0.2, -0.15) is 0 Å². The van der Waals surface area contributed by atoms with Gasteiger partial charge >= 0.3 is 23.9 Å². The predicted molar refractivity (Wildman–Crippen MR) is 313 cm³/mol. The monoisotopic (exact) mass is 1090 g/mol. The summed E-state index contributed by atoms with van der Waals surface area (Å²) in [4.78, 5) is 51.2. The lowest BCUT2D eigenvalue weighted by atomic mass is 9.98. The fourth-order valence-electron chi connectivity index (χ4n) is 9.79. The highest BCUT2D eigenvalue weighted by atomic mass is 16.7. The van der Waals surface area contributed by atoms with E-state index in [9.17, 15) is 34.5 Å². The van der Waals surface area contributed by atoms with E-state index in [-0.39, 0.29) is 25.9 Å². The van der Waals surface area contributed by atoms with Gasteiger partial charge in [0.05, 0.1) is 6.61 Å². The highest BCUT2D eigenvalue weighted by Crippen LogP contribution is 2.27. The molecule has 12 nitrogen and oxygen atoms in total. The maximum atomic E-state index is 13.2. The summed E-state index contributed by atoms with van der Waals surface area (Å²) < 4.78 is 28.5. The zero-order chi connectivity index (χ0) is 56.1. The number of carbonyl (C=O) groups excluding carboxylic acids is 3. The van der Waals surface area contributed by atoms with E-state index < -0.39 is 67.3 Å². The van der Waals surface area contributed by atoms with Crippen LogP contribution in [0, 0.1) is 0 Å². The Hall–Kier alpha value is -3.06. The van der Waals surface area contributed by atoms with Crippen LogP contribution in [0.15, 0.2) is 36.5 Å². The van der Waals surface area contributed by atoms with E-state index in [2.05, 4.69) is 57.2 Å². The molecule has 448 valence electrons. The number of hydrogen-bond acceptors (Lipinski definition) is 11. The SMILES string of the molecule is CCCCC/C=C\C/C=C\C/C=C\CCCCCCCCC(=O)OCC(COC1OC(C(=O)O)C(O)C(O)C1OC(=O)CCCCCCCCCCCCCCCCC)OC(=O)CCCCCCCCCCCCCCC. The summed E-state index contributed by atoms with van der Waals surface area (Å²) in [6, 6.07) is 0. The minimum Gasteiger partial charge on any atom is -0.479 e. The van der Waals surface area contributed by atoms with Crippen molar-refractivity contribution < 1.29 is 58.2 Å². The Kier molecular flexibility index (Phi) is 50.1. The third kappa shape index (κ3) is 43.4. The Labute approximate surface area is 470 Å². The van der Waals surface area contributed by atoms with Gasteiger partial charge < -0.3 is 39.0 Å². The fraction of sp³-hybridized carbons (Fsp3) is 0.846. The third-order valence-corrected chi connectivity index (χ3v) is 14.7. The van der Waals surface area contributed by atoms with Gasteiger partial charge in [-0.15, -0.1) is 0 Å². The lowest BCUT2D eigenvalue weighted by Crippen LogP contribution is -2.61. The summed E-state index contributed by atoms with van der Waals surface area (Å²) in [5, 5.41) is 31.5. The molecule has 1 heterocycles. The maximum Gasteiger partial charge on any atom is 0.335 e. The van der Waals surface area contributed by atoms with Crippen LogP contribution in [0.3, 0.4) is 0 Å². The average Bonchev–Trinajstić information content (AvgIpc) is 3.42.